The van der Waals surface area contributed by atoms with Gasteiger partial charge in [-0.1, -0.05) is 13.8 Å². The van der Waals surface area contributed by atoms with Crippen LogP contribution in [0, 0.1) is 5.92 Å². The summed E-state index contributed by atoms with van der Waals surface area (Å²) in [5, 5.41) is 3.82. The van der Waals surface area contributed by atoms with Crippen LogP contribution in [0.1, 0.15) is 46.0 Å². The molecule has 0 aromatic rings. The molecule has 0 aromatic carbocycles. The minimum absolute atomic E-state index is 0.815. The van der Waals surface area contributed by atoms with Gasteiger partial charge in [0.25, 0.3) is 0 Å². The van der Waals surface area contributed by atoms with Crippen molar-refractivity contribution in [3.8, 4) is 0 Å². The summed E-state index contributed by atoms with van der Waals surface area (Å²) in [5.74, 6) is 0.975. The highest BCUT2D eigenvalue weighted by molar-refractivity contribution is 4.87. The number of rotatable bonds is 4. The summed E-state index contributed by atoms with van der Waals surface area (Å²) >= 11 is 0. The first-order valence-corrected chi connectivity index (χ1v) is 6.76. The molecule has 2 fully saturated rings. The summed E-state index contributed by atoms with van der Waals surface area (Å²) in [6.45, 7) is 8.57. The fraction of sp³-hybridized carbons (Fsp3) is 1.00. The molecule has 1 aliphatic carbocycles. The zero-order chi connectivity index (χ0) is 10.7. The van der Waals surface area contributed by atoms with E-state index in [9.17, 15) is 0 Å². The Morgan fingerprint density at radius 3 is 2.33 bits per heavy atom. The van der Waals surface area contributed by atoms with Crippen molar-refractivity contribution in [3.05, 3.63) is 0 Å². The normalized spacial score (nSPS) is 34.0. The lowest BCUT2D eigenvalue weighted by molar-refractivity contribution is 0.159. The Balaban J connectivity index is 1.61. The van der Waals surface area contributed by atoms with Gasteiger partial charge < -0.3 is 10.2 Å². The van der Waals surface area contributed by atoms with E-state index in [1.807, 2.05) is 0 Å². The third kappa shape index (κ3) is 3.18. The van der Waals surface area contributed by atoms with Gasteiger partial charge >= 0.3 is 0 Å². The Bertz CT molecular complexity index is 179. The van der Waals surface area contributed by atoms with E-state index in [1.165, 1.54) is 51.7 Å². The zero-order valence-electron chi connectivity index (χ0n) is 10.3. The van der Waals surface area contributed by atoms with Crippen molar-refractivity contribution in [2.75, 3.05) is 19.6 Å². The number of hydrogen-bond acceptors (Lipinski definition) is 2. The maximum atomic E-state index is 3.82. The maximum absolute atomic E-state index is 3.82. The third-order valence-corrected chi connectivity index (χ3v) is 3.97. The summed E-state index contributed by atoms with van der Waals surface area (Å²) in [4.78, 5) is 2.61. The number of piperidine rings is 1. The molecule has 2 heteroatoms. The SMILES string of the molecule is CCCN1CCC(NC2CC(C)C2)CC1. The first-order valence-electron chi connectivity index (χ1n) is 6.76. The fourth-order valence-corrected chi connectivity index (χ4v) is 3.01. The predicted octanol–water partition coefficient (Wildman–Crippen LogP) is 2.25. The average Bonchev–Trinajstić information content (AvgIpc) is 2.19. The predicted molar refractivity (Wildman–Crippen MR) is 65.1 cm³/mol. The highest BCUT2D eigenvalue weighted by Crippen LogP contribution is 2.27. The van der Waals surface area contributed by atoms with Gasteiger partial charge in [-0.15, -0.1) is 0 Å². The van der Waals surface area contributed by atoms with Gasteiger partial charge in [-0.05, 0) is 57.7 Å². The molecule has 88 valence electrons. The van der Waals surface area contributed by atoms with Gasteiger partial charge in [-0.3, -0.25) is 0 Å². The fourth-order valence-electron chi connectivity index (χ4n) is 3.01. The van der Waals surface area contributed by atoms with Crippen LogP contribution >= 0.6 is 0 Å². The molecule has 1 saturated carbocycles. The van der Waals surface area contributed by atoms with E-state index in [0.717, 1.165) is 18.0 Å². The quantitative estimate of drug-likeness (QED) is 0.765. The van der Waals surface area contributed by atoms with Crippen molar-refractivity contribution in [1.29, 1.82) is 0 Å². The van der Waals surface area contributed by atoms with Gasteiger partial charge in [0.2, 0.25) is 0 Å². The lowest BCUT2D eigenvalue weighted by atomic mass is 9.81. The second-order valence-corrected chi connectivity index (χ2v) is 5.56. The van der Waals surface area contributed by atoms with Gasteiger partial charge in [0.15, 0.2) is 0 Å². The molecule has 0 atom stereocenters. The van der Waals surface area contributed by atoms with E-state index in [1.54, 1.807) is 0 Å². The van der Waals surface area contributed by atoms with Gasteiger partial charge in [0.1, 0.15) is 0 Å². The molecular weight excluding hydrogens is 184 g/mol. The summed E-state index contributed by atoms with van der Waals surface area (Å²) < 4.78 is 0. The standard InChI is InChI=1S/C13H26N2/c1-3-6-15-7-4-12(5-8-15)14-13-9-11(2)10-13/h11-14H,3-10H2,1-2H3. The summed E-state index contributed by atoms with van der Waals surface area (Å²) in [6.07, 6.45) is 6.86. The Labute approximate surface area is 94.4 Å². The van der Waals surface area contributed by atoms with E-state index < -0.39 is 0 Å². The molecule has 2 aliphatic rings. The Hall–Kier alpha value is -0.0800. The summed E-state index contributed by atoms with van der Waals surface area (Å²) in [7, 11) is 0. The monoisotopic (exact) mass is 210 g/mol. The average molecular weight is 210 g/mol. The Morgan fingerprint density at radius 2 is 1.80 bits per heavy atom. The first-order chi connectivity index (χ1) is 7.28. The van der Waals surface area contributed by atoms with Crippen LogP contribution in [0.2, 0.25) is 0 Å². The first kappa shape index (κ1) is 11.4. The summed E-state index contributed by atoms with van der Waals surface area (Å²) in [5.41, 5.74) is 0. The second-order valence-electron chi connectivity index (χ2n) is 5.56. The minimum Gasteiger partial charge on any atom is -0.311 e. The molecule has 2 nitrogen and oxygen atoms in total. The van der Waals surface area contributed by atoms with Gasteiger partial charge in [0, 0.05) is 12.1 Å². The molecule has 1 N–H and O–H groups in total. The van der Waals surface area contributed by atoms with Crippen molar-refractivity contribution in [2.24, 2.45) is 5.92 Å². The Kier molecular flexibility index (Phi) is 4.04. The van der Waals surface area contributed by atoms with E-state index in [-0.39, 0.29) is 0 Å². The molecule has 0 spiro atoms. The highest BCUT2D eigenvalue weighted by atomic mass is 15.1. The molecule has 2 rings (SSSR count). The molecule has 0 bridgehead atoms. The van der Waals surface area contributed by atoms with E-state index in [4.69, 9.17) is 0 Å². The third-order valence-electron chi connectivity index (χ3n) is 3.97. The molecular formula is C13H26N2. The lowest BCUT2D eigenvalue weighted by Gasteiger charge is -2.39. The smallest absolute Gasteiger partial charge is 0.00940 e. The molecule has 0 unspecified atom stereocenters. The largest absolute Gasteiger partial charge is 0.311 e. The van der Waals surface area contributed by atoms with Crippen molar-refractivity contribution in [3.63, 3.8) is 0 Å². The van der Waals surface area contributed by atoms with Crippen molar-refractivity contribution >= 4 is 0 Å². The second kappa shape index (κ2) is 5.31. The summed E-state index contributed by atoms with van der Waals surface area (Å²) in [6, 6.07) is 1.67. The van der Waals surface area contributed by atoms with Gasteiger partial charge in [-0.2, -0.15) is 0 Å². The number of hydrogen-bond donors (Lipinski definition) is 1. The van der Waals surface area contributed by atoms with Crippen LogP contribution < -0.4 is 5.32 Å². The number of likely N-dealkylation sites (tertiary alicyclic amines) is 1. The van der Waals surface area contributed by atoms with Gasteiger partial charge in [0.05, 0.1) is 0 Å². The van der Waals surface area contributed by atoms with E-state index >= 15 is 0 Å². The van der Waals surface area contributed by atoms with Crippen LogP contribution in [0.4, 0.5) is 0 Å². The van der Waals surface area contributed by atoms with Crippen molar-refractivity contribution in [1.82, 2.24) is 10.2 Å². The van der Waals surface area contributed by atoms with Crippen LogP contribution in [0.25, 0.3) is 0 Å². The van der Waals surface area contributed by atoms with Crippen LogP contribution in [-0.2, 0) is 0 Å². The van der Waals surface area contributed by atoms with Crippen LogP contribution in [-0.4, -0.2) is 36.6 Å². The van der Waals surface area contributed by atoms with Crippen molar-refractivity contribution in [2.45, 2.75) is 58.0 Å². The Morgan fingerprint density at radius 1 is 1.13 bits per heavy atom. The van der Waals surface area contributed by atoms with E-state index in [2.05, 4.69) is 24.1 Å². The van der Waals surface area contributed by atoms with Crippen LogP contribution in [0.5, 0.6) is 0 Å². The molecule has 15 heavy (non-hydrogen) atoms. The maximum Gasteiger partial charge on any atom is 0.00940 e. The zero-order valence-corrected chi connectivity index (χ0v) is 10.3. The molecule has 1 aliphatic heterocycles. The van der Waals surface area contributed by atoms with Crippen LogP contribution in [0.3, 0.4) is 0 Å². The van der Waals surface area contributed by atoms with Gasteiger partial charge in [-0.25, -0.2) is 0 Å². The molecule has 1 saturated heterocycles. The lowest BCUT2D eigenvalue weighted by Crippen LogP contribution is -2.50. The number of nitrogens with zero attached hydrogens (tertiary/aromatic N) is 1. The minimum atomic E-state index is 0.815. The molecule has 0 aromatic heterocycles. The van der Waals surface area contributed by atoms with E-state index in [0.29, 0.717) is 0 Å². The molecule has 0 amide bonds. The number of nitrogens with one attached hydrogen (secondary N) is 1. The topological polar surface area (TPSA) is 15.3 Å². The van der Waals surface area contributed by atoms with Crippen molar-refractivity contribution < 1.29 is 0 Å². The molecule has 0 radical (unpaired) electrons. The highest BCUT2D eigenvalue weighted by Gasteiger charge is 2.28. The molecule has 1 heterocycles. The van der Waals surface area contributed by atoms with Crippen LogP contribution in [0.15, 0.2) is 0 Å².